The number of piperidine rings is 1. The minimum Gasteiger partial charge on any atom is -0.457 e. The van der Waals surface area contributed by atoms with Crippen molar-refractivity contribution in [2.24, 2.45) is 11.7 Å². The first-order chi connectivity index (χ1) is 12.0. The molecule has 0 aliphatic carbocycles. The lowest BCUT2D eigenvalue weighted by molar-refractivity contribution is 0.0661. The molecule has 25 heavy (non-hydrogen) atoms. The molecule has 132 valence electrons. The molecule has 1 aliphatic rings. The summed E-state index contributed by atoms with van der Waals surface area (Å²) < 4.78 is 18.8. The molecule has 1 heterocycles. The lowest BCUT2D eigenvalue weighted by atomic mass is 9.92. The number of rotatable bonds is 4. The number of carbonyl (C=O) groups is 1. The second-order valence-corrected chi connectivity index (χ2v) is 6.60. The monoisotopic (exact) mass is 342 g/mol. The Morgan fingerprint density at radius 2 is 2.00 bits per heavy atom. The first-order valence-electron chi connectivity index (χ1n) is 8.61. The van der Waals surface area contributed by atoms with E-state index < -0.39 is 0 Å². The van der Waals surface area contributed by atoms with E-state index in [0.717, 1.165) is 19.4 Å². The van der Waals surface area contributed by atoms with E-state index in [2.05, 4.69) is 0 Å². The van der Waals surface area contributed by atoms with Crippen LogP contribution in [0.3, 0.4) is 0 Å². The topological polar surface area (TPSA) is 55.6 Å². The van der Waals surface area contributed by atoms with Crippen LogP contribution in [-0.4, -0.2) is 29.9 Å². The van der Waals surface area contributed by atoms with Crippen molar-refractivity contribution in [1.29, 1.82) is 0 Å². The molecule has 5 heteroatoms. The lowest BCUT2D eigenvalue weighted by Gasteiger charge is -2.34. The van der Waals surface area contributed by atoms with Gasteiger partial charge in [-0.15, -0.1) is 0 Å². The summed E-state index contributed by atoms with van der Waals surface area (Å²) in [5, 5.41) is 0. The van der Waals surface area contributed by atoms with E-state index in [1.54, 1.807) is 36.4 Å². The smallest absolute Gasteiger partial charge is 0.253 e. The number of halogens is 1. The van der Waals surface area contributed by atoms with Crippen LogP contribution in [0.15, 0.2) is 48.5 Å². The standard InChI is InChI=1S/C20H23FN2O2/c1-14(22)16-4-3-11-23(13-16)20(24)15-7-9-18(10-8-15)25-19-6-2-5-17(21)12-19/h2,5-10,12,14,16H,3-4,11,13,22H2,1H3/t14-,16+/m0/s1. The number of hydrogen-bond acceptors (Lipinski definition) is 3. The Balaban J connectivity index is 1.66. The van der Waals surface area contributed by atoms with Gasteiger partial charge in [-0.1, -0.05) is 6.07 Å². The number of benzene rings is 2. The van der Waals surface area contributed by atoms with Gasteiger partial charge >= 0.3 is 0 Å². The Kier molecular flexibility index (Phi) is 5.34. The van der Waals surface area contributed by atoms with Gasteiger partial charge in [0, 0.05) is 30.8 Å². The summed E-state index contributed by atoms with van der Waals surface area (Å²) in [5.74, 6) is 1.01. The number of hydrogen-bond donors (Lipinski definition) is 1. The van der Waals surface area contributed by atoms with Crippen LogP contribution < -0.4 is 10.5 Å². The Morgan fingerprint density at radius 1 is 1.24 bits per heavy atom. The van der Waals surface area contributed by atoms with Crippen molar-refractivity contribution < 1.29 is 13.9 Å². The van der Waals surface area contributed by atoms with Crippen molar-refractivity contribution in [2.75, 3.05) is 13.1 Å². The average Bonchev–Trinajstić information content (AvgIpc) is 2.62. The fourth-order valence-corrected chi connectivity index (χ4v) is 3.14. The zero-order valence-electron chi connectivity index (χ0n) is 14.3. The van der Waals surface area contributed by atoms with Gasteiger partial charge in [-0.05, 0) is 62.1 Å². The largest absolute Gasteiger partial charge is 0.457 e. The maximum Gasteiger partial charge on any atom is 0.253 e. The van der Waals surface area contributed by atoms with Crippen molar-refractivity contribution in [3.8, 4) is 11.5 Å². The highest BCUT2D eigenvalue weighted by Crippen LogP contribution is 2.24. The number of carbonyl (C=O) groups excluding carboxylic acids is 1. The van der Waals surface area contributed by atoms with E-state index in [9.17, 15) is 9.18 Å². The quantitative estimate of drug-likeness (QED) is 0.919. The molecule has 2 aromatic carbocycles. The first-order valence-corrected chi connectivity index (χ1v) is 8.61. The molecule has 0 saturated carbocycles. The molecule has 0 radical (unpaired) electrons. The van der Waals surface area contributed by atoms with Crippen LogP contribution in [0.25, 0.3) is 0 Å². The van der Waals surface area contributed by atoms with Gasteiger partial charge in [0.1, 0.15) is 17.3 Å². The molecule has 0 unspecified atom stereocenters. The molecular weight excluding hydrogens is 319 g/mol. The third kappa shape index (κ3) is 4.37. The second kappa shape index (κ2) is 7.66. The third-order valence-electron chi connectivity index (χ3n) is 4.62. The second-order valence-electron chi connectivity index (χ2n) is 6.60. The van der Waals surface area contributed by atoms with Crippen molar-refractivity contribution in [2.45, 2.75) is 25.8 Å². The predicted octanol–water partition coefficient (Wildman–Crippen LogP) is 3.82. The van der Waals surface area contributed by atoms with Crippen LogP contribution >= 0.6 is 0 Å². The fourth-order valence-electron chi connectivity index (χ4n) is 3.14. The van der Waals surface area contributed by atoms with Crippen LogP contribution in [0, 0.1) is 11.7 Å². The van der Waals surface area contributed by atoms with Gasteiger partial charge in [-0.25, -0.2) is 4.39 Å². The summed E-state index contributed by atoms with van der Waals surface area (Å²) in [6, 6.07) is 13.0. The van der Waals surface area contributed by atoms with Gasteiger partial charge in [0.25, 0.3) is 5.91 Å². The van der Waals surface area contributed by atoms with Gasteiger partial charge in [-0.2, -0.15) is 0 Å². The van der Waals surface area contributed by atoms with Gasteiger partial charge in [0.2, 0.25) is 0 Å². The number of likely N-dealkylation sites (tertiary alicyclic amines) is 1. The van der Waals surface area contributed by atoms with E-state index in [1.165, 1.54) is 12.1 Å². The molecule has 1 aliphatic heterocycles. The predicted molar refractivity (Wildman–Crippen MR) is 95.2 cm³/mol. The zero-order chi connectivity index (χ0) is 17.8. The Labute approximate surface area is 147 Å². The number of ether oxygens (including phenoxy) is 1. The van der Waals surface area contributed by atoms with Crippen LogP contribution in [0.1, 0.15) is 30.1 Å². The van der Waals surface area contributed by atoms with E-state index in [0.29, 0.717) is 29.5 Å². The minimum absolute atomic E-state index is 0.0163. The lowest BCUT2D eigenvalue weighted by Crippen LogP contribution is -2.45. The number of nitrogens with two attached hydrogens (primary N) is 1. The number of amides is 1. The zero-order valence-corrected chi connectivity index (χ0v) is 14.3. The summed E-state index contributed by atoms with van der Waals surface area (Å²) in [7, 11) is 0. The Morgan fingerprint density at radius 3 is 2.68 bits per heavy atom. The van der Waals surface area contributed by atoms with Crippen molar-refractivity contribution >= 4 is 5.91 Å². The first kappa shape index (κ1) is 17.4. The Hall–Kier alpha value is -2.40. The number of nitrogens with zero attached hydrogens (tertiary/aromatic N) is 1. The maximum atomic E-state index is 13.2. The molecule has 1 amide bonds. The molecule has 0 aromatic heterocycles. The fraction of sp³-hybridized carbons (Fsp3) is 0.350. The summed E-state index contributed by atoms with van der Waals surface area (Å²) >= 11 is 0. The molecule has 1 fully saturated rings. The SMILES string of the molecule is C[C@H](N)[C@@H]1CCCN(C(=O)c2ccc(Oc3cccc(F)c3)cc2)C1. The molecule has 2 N–H and O–H groups in total. The van der Waals surface area contributed by atoms with Crippen molar-refractivity contribution in [3.63, 3.8) is 0 Å². The van der Waals surface area contributed by atoms with Crippen molar-refractivity contribution in [3.05, 3.63) is 59.9 Å². The molecular formula is C20H23FN2O2. The van der Waals surface area contributed by atoms with E-state index in [1.807, 2.05) is 11.8 Å². The highest BCUT2D eigenvalue weighted by Gasteiger charge is 2.26. The highest BCUT2D eigenvalue weighted by molar-refractivity contribution is 5.94. The highest BCUT2D eigenvalue weighted by atomic mass is 19.1. The van der Waals surface area contributed by atoms with Crippen molar-refractivity contribution in [1.82, 2.24) is 4.90 Å². The molecule has 0 spiro atoms. The van der Waals surface area contributed by atoms with Crippen LogP contribution in [0.4, 0.5) is 4.39 Å². The minimum atomic E-state index is -0.349. The summed E-state index contributed by atoms with van der Waals surface area (Å²) in [6.45, 7) is 3.47. The van der Waals surface area contributed by atoms with Gasteiger partial charge in [-0.3, -0.25) is 4.79 Å². The normalized spacial score (nSPS) is 18.7. The molecule has 2 atom stereocenters. The molecule has 4 nitrogen and oxygen atoms in total. The van der Waals surface area contributed by atoms with E-state index in [4.69, 9.17) is 10.5 Å². The molecule has 0 bridgehead atoms. The van der Waals surface area contributed by atoms with Gasteiger partial charge < -0.3 is 15.4 Å². The third-order valence-corrected chi connectivity index (χ3v) is 4.62. The van der Waals surface area contributed by atoms with Crippen LogP contribution in [0.5, 0.6) is 11.5 Å². The maximum absolute atomic E-state index is 13.2. The van der Waals surface area contributed by atoms with Gasteiger partial charge in [0.05, 0.1) is 0 Å². The molecule has 2 aromatic rings. The summed E-state index contributed by atoms with van der Waals surface area (Å²) in [6.07, 6.45) is 2.06. The summed E-state index contributed by atoms with van der Waals surface area (Å²) in [5.41, 5.74) is 6.61. The molecule has 1 saturated heterocycles. The van der Waals surface area contributed by atoms with Gasteiger partial charge in [0.15, 0.2) is 0 Å². The summed E-state index contributed by atoms with van der Waals surface area (Å²) in [4.78, 5) is 14.6. The molecule has 3 rings (SSSR count). The Bertz CT molecular complexity index is 731. The van der Waals surface area contributed by atoms with Crippen LogP contribution in [0.2, 0.25) is 0 Å². The van der Waals surface area contributed by atoms with E-state index in [-0.39, 0.29) is 17.8 Å². The van der Waals surface area contributed by atoms with E-state index >= 15 is 0 Å². The van der Waals surface area contributed by atoms with Crippen LogP contribution in [-0.2, 0) is 0 Å². The average molecular weight is 342 g/mol.